The van der Waals surface area contributed by atoms with Gasteiger partial charge < -0.3 is 4.90 Å². The lowest BCUT2D eigenvalue weighted by Gasteiger charge is -2.41. The Labute approximate surface area is 163 Å². The highest BCUT2D eigenvalue weighted by Crippen LogP contribution is 2.45. The molecule has 5 heteroatoms. The first kappa shape index (κ1) is 16.7. The molecular weight excluding hydrogens is 350 g/mol. The molecule has 1 unspecified atom stereocenters. The van der Waals surface area contributed by atoms with E-state index >= 15 is 0 Å². The van der Waals surface area contributed by atoms with Gasteiger partial charge in [-0.15, -0.1) is 0 Å². The maximum absolute atomic E-state index is 13.3. The van der Waals surface area contributed by atoms with E-state index in [2.05, 4.69) is 4.90 Å². The van der Waals surface area contributed by atoms with Gasteiger partial charge in [-0.1, -0.05) is 48.5 Å². The highest BCUT2D eigenvalue weighted by Gasteiger charge is 2.49. The smallest absolute Gasteiger partial charge is 0.266 e. The second kappa shape index (κ2) is 6.02. The Kier molecular flexibility index (Phi) is 3.59. The normalized spacial score (nSPS) is 17.4. The Morgan fingerprint density at radius 1 is 0.929 bits per heavy atom. The van der Waals surface area contributed by atoms with Crippen LogP contribution in [0.25, 0.3) is 0 Å². The maximum Gasteiger partial charge on any atom is 0.266 e. The number of benzene rings is 2. The molecule has 0 saturated carbocycles. The summed E-state index contributed by atoms with van der Waals surface area (Å²) in [6.45, 7) is 4.39. The van der Waals surface area contributed by atoms with Crippen LogP contribution in [0.4, 0.5) is 5.82 Å². The van der Waals surface area contributed by atoms with Gasteiger partial charge in [-0.25, -0.2) is 9.88 Å². The zero-order valence-electron chi connectivity index (χ0n) is 15.7. The zero-order chi connectivity index (χ0) is 19.4. The molecule has 3 aromatic rings. The lowest BCUT2D eigenvalue weighted by Crippen LogP contribution is -2.48. The number of hydrogen-bond donors (Lipinski definition) is 0. The standard InChI is InChI=1S/C23H19N3O2/c1-14-12-15(2)24-20-19(14)23(28)26-21(17-10-6-7-11-18(17)22(26)27)25(20)13-16-8-4-3-5-9-16/h3-12,21H,13H2,1-2H3. The molecule has 0 radical (unpaired) electrons. The number of carbonyl (C=O) groups excluding carboxylic acids is 2. The van der Waals surface area contributed by atoms with Gasteiger partial charge in [0, 0.05) is 23.4 Å². The molecule has 2 aromatic carbocycles. The van der Waals surface area contributed by atoms with Gasteiger partial charge >= 0.3 is 0 Å². The second-order valence-corrected chi connectivity index (χ2v) is 7.33. The summed E-state index contributed by atoms with van der Waals surface area (Å²) < 4.78 is 0. The van der Waals surface area contributed by atoms with Crippen LogP contribution in [0, 0.1) is 13.8 Å². The summed E-state index contributed by atoms with van der Waals surface area (Å²) in [5.41, 5.74) is 4.74. The molecule has 0 N–H and O–H groups in total. The third kappa shape index (κ3) is 2.29. The summed E-state index contributed by atoms with van der Waals surface area (Å²) in [5.74, 6) is 0.141. The molecule has 138 valence electrons. The molecule has 0 bridgehead atoms. The van der Waals surface area contributed by atoms with Crippen molar-refractivity contribution >= 4 is 17.6 Å². The van der Waals surface area contributed by atoms with Gasteiger partial charge in [0.25, 0.3) is 11.8 Å². The van der Waals surface area contributed by atoms with Gasteiger partial charge in [0.2, 0.25) is 0 Å². The molecule has 3 heterocycles. The number of aryl methyl sites for hydroxylation is 2. The number of anilines is 1. The molecule has 0 aliphatic carbocycles. The van der Waals surface area contributed by atoms with Crippen LogP contribution < -0.4 is 4.90 Å². The van der Waals surface area contributed by atoms with Crippen molar-refractivity contribution in [2.45, 2.75) is 26.6 Å². The highest BCUT2D eigenvalue weighted by atomic mass is 16.2. The first-order chi connectivity index (χ1) is 13.6. The summed E-state index contributed by atoms with van der Waals surface area (Å²) in [6, 6.07) is 19.4. The lowest BCUT2D eigenvalue weighted by atomic mass is 10.0. The fraction of sp³-hybridized carbons (Fsp3) is 0.174. The molecule has 1 aromatic heterocycles. The number of amides is 2. The van der Waals surface area contributed by atoms with Gasteiger partial charge in [0.05, 0.1) is 5.56 Å². The molecule has 2 aliphatic rings. The van der Waals surface area contributed by atoms with E-state index in [0.29, 0.717) is 23.5 Å². The Morgan fingerprint density at radius 3 is 2.43 bits per heavy atom. The van der Waals surface area contributed by atoms with E-state index in [-0.39, 0.29) is 11.8 Å². The topological polar surface area (TPSA) is 53.5 Å². The van der Waals surface area contributed by atoms with Crippen LogP contribution in [0.1, 0.15) is 49.3 Å². The first-order valence-corrected chi connectivity index (χ1v) is 9.32. The first-order valence-electron chi connectivity index (χ1n) is 9.32. The second-order valence-electron chi connectivity index (χ2n) is 7.33. The van der Waals surface area contributed by atoms with Crippen molar-refractivity contribution < 1.29 is 9.59 Å². The van der Waals surface area contributed by atoms with E-state index in [0.717, 1.165) is 22.4 Å². The SMILES string of the molecule is Cc1cc(C)c2c(n1)N(Cc1ccccc1)C1c3ccccc3C(=O)N1C2=O. The maximum atomic E-state index is 13.3. The zero-order valence-corrected chi connectivity index (χ0v) is 15.7. The molecule has 5 rings (SSSR count). The predicted octanol–water partition coefficient (Wildman–Crippen LogP) is 4.01. The Morgan fingerprint density at radius 2 is 1.64 bits per heavy atom. The van der Waals surface area contributed by atoms with Crippen molar-refractivity contribution in [1.82, 2.24) is 9.88 Å². The van der Waals surface area contributed by atoms with Gasteiger partial charge in [-0.3, -0.25) is 9.59 Å². The quantitative estimate of drug-likeness (QED) is 0.641. The predicted molar refractivity (Wildman–Crippen MR) is 106 cm³/mol. The number of imide groups is 1. The number of pyridine rings is 1. The van der Waals surface area contributed by atoms with Crippen molar-refractivity contribution in [2.75, 3.05) is 4.90 Å². The van der Waals surface area contributed by atoms with Crippen molar-refractivity contribution in [3.8, 4) is 0 Å². The van der Waals surface area contributed by atoms with Crippen molar-refractivity contribution in [3.05, 3.63) is 94.2 Å². The number of rotatable bonds is 2. The Hall–Kier alpha value is -3.47. The molecule has 0 saturated heterocycles. The number of aromatic nitrogens is 1. The average Bonchev–Trinajstić information content (AvgIpc) is 2.99. The summed E-state index contributed by atoms with van der Waals surface area (Å²) >= 11 is 0. The monoisotopic (exact) mass is 369 g/mol. The molecule has 2 amide bonds. The van der Waals surface area contributed by atoms with Crippen LogP contribution in [0.15, 0.2) is 60.7 Å². The fourth-order valence-electron chi connectivity index (χ4n) is 4.27. The number of hydrogen-bond acceptors (Lipinski definition) is 4. The van der Waals surface area contributed by atoms with Crippen LogP contribution >= 0.6 is 0 Å². The minimum absolute atomic E-state index is 0.241. The van der Waals surface area contributed by atoms with Crippen LogP contribution in [0.2, 0.25) is 0 Å². The molecular formula is C23H19N3O2. The van der Waals surface area contributed by atoms with Crippen LogP contribution in [-0.4, -0.2) is 21.7 Å². The Bertz CT molecular complexity index is 1120. The molecule has 2 aliphatic heterocycles. The van der Waals surface area contributed by atoms with Crippen molar-refractivity contribution in [3.63, 3.8) is 0 Å². The lowest BCUT2D eigenvalue weighted by molar-refractivity contribution is 0.0556. The van der Waals surface area contributed by atoms with Crippen LogP contribution in [0.5, 0.6) is 0 Å². The minimum atomic E-state index is -0.474. The van der Waals surface area contributed by atoms with E-state index < -0.39 is 6.17 Å². The third-order valence-electron chi connectivity index (χ3n) is 5.45. The number of carbonyl (C=O) groups is 2. The van der Waals surface area contributed by atoms with E-state index in [1.807, 2.05) is 68.4 Å². The van der Waals surface area contributed by atoms with Gasteiger partial charge in [-0.05, 0) is 37.1 Å². The number of nitrogens with zero attached hydrogens (tertiary/aromatic N) is 3. The van der Waals surface area contributed by atoms with E-state index in [1.54, 1.807) is 6.07 Å². The molecule has 0 fully saturated rings. The third-order valence-corrected chi connectivity index (χ3v) is 5.45. The summed E-state index contributed by atoms with van der Waals surface area (Å²) in [4.78, 5) is 34.6. The van der Waals surface area contributed by atoms with Crippen LogP contribution in [0.3, 0.4) is 0 Å². The number of fused-ring (bicyclic) bond motifs is 4. The van der Waals surface area contributed by atoms with E-state index in [4.69, 9.17) is 4.98 Å². The van der Waals surface area contributed by atoms with Crippen LogP contribution in [-0.2, 0) is 6.54 Å². The van der Waals surface area contributed by atoms with Gasteiger partial charge in [0.1, 0.15) is 12.0 Å². The molecule has 1 atom stereocenters. The highest BCUT2D eigenvalue weighted by molar-refractivity contribution is 6.17. The molecule has 0 spiro atoms. The Balaban J connectivity index is 1.75. The van der Waals surface area contributed by atoms with Gasteiger partial charge in [-0.2, -0.15) is 0 Å². The van der Waals surface area contributed by atoms with Crippen molar-refractivity contribution in [1.29, 1.82) is 0 Å². The average molecular weight is 369 g/mol. The largest absolute Gasteiger partial charge is 0.327 e. The minimum Gasteiger partial charge on any atom is -0.327 e. The molecule has 28 heavy (non-hydrogen) atoms. The summed E-state index contributed by atoms with van der Waals surface area (Å²) in [7, 11) is 0. The van der Waals surface area contributed by atoms with Crippen molar-refractivity contribution in [2.24, 2.45) is 0 Å². The summed E-state index contributed by atoms with van der Waals surface area (Å²) in [6.07, 6.45) is -0.474. The fourth-order valence-corrected chi connectivity index (χ4v) is 4.27. The summed E-state index contributed by atoms with van der Waals surface area (Å²) in [5, 5.41) is 0. The molecule has 5 nitrogen and oxygen atoms in total. The van der Waals surface area contributed by atoms with E-state index in [9.17, 15) is 9.59 Å². The van der Waals surface area contributed by atoms with Gasteiger partial charge in [0.15, 0.2) is 0 Å². The van der Waals surface area contributed by atoms with E-state index in [1.165, 1.54) is 4.90 Å².